The number of likely N-dealkylation sites (N-methyl/N-ethyl adjacent to an activating group) is 1. The Morgan fingerprint density at radius 1 is 1.44 bits per heavy atom. The maximum absolute atomic E-state index is 5.75. The van der Waals surface area contributed by atoms with Crippen LogP contribution in [0.2, 0.25) is 0 Å². The molecule has 0 bridgehead atoms. The van der Waals surface area contributed by atoms with Gasteiger partial charge in [0, 0.05) is 37.8 Å². The minimum Gasteiger partial charge on any atom is -0.465 e. The van der Waals surface area contributed by atoms with Crippen LogP contribution in [0, 0.1) is 6.92 Å². The molecule has 1 aliphatic heterocycles. The molecule has 0 amide bonds. The Balaban J connectivity index is 2.00. The number of nitrogens with zero attached hydrogens (tertiary/aromatic N) is 2. The van der Waals surface area contributed by atoms with Gasteiger partial charge < -0.3 is 14.6 Å². The summed E-state index contributed by atoms with van der Waals surface area (Å²) in [4.78, 5) is 4.94. The second-order valence-electron chi connectivity index (χ2n) is 5.41. The molecule has 1 saturated heterocycles. The van der Waals surface area contributed by atoms with Crippen LogP contribution in [0.4, 0.5) is 0 Å². The van der Waals surface area contributed by atoms with Crippen molar-refractivity contribution >= 4 is 0 Å². The monoisotopic (exact) mass is 251 g/mol. The van der Waals surface area contributed by atoms with Crippen molar-refractivity contribution in [2.24, 2.45) is 0 Å². The predicted molar refractivity (Wildman–Crippen MR) is 73.6 cm³/mol. The van der Waals surface area contributed by atoms with E-state index < -0.39 is 0 Å². The lowest BCUT2D eigenvalue weighted by Crippen LogP contribution is -2.49. The number of rotatable bonds is 4. The zero-order valence-electron chi connectivity index (χ0n) is 12.0. The zero-order valence-corrected chi connectivity index (χ0v) is 12.0. The number of aryl methyl sites for hydroxylation is 1. The van der Waals surface area contributed by atoms with Crippen molar-refractivity contribution in [3.63, 3.8) is 0 Å². The van der Waals surface area contributed by atoms with Crippen molar-refractivity contribution < 1.29 is 4.42 Å². The Morgan fingerprint density at radius 3 is 2.89 bits per heavy atom. The van der Waals surface area contributed by atoms with Gasteiger partial charge in [0.25, 0.3) is 0 Å². The van der Waals surface area contributed by atoms with Crippen LogP contribution in [-0.4, -0.2) is 49.6 Å². The lowest BCUT2D eigenvalue weighted by atomic mass is 10.1. The molecule has 4 heteroatoms. The molecule has 0 aliphatic carbocycles. The molecule has 1 fully saturated rings. The van der Waals surface area contributed by atoms with E-state index in [4.69, 9.17) is 4.42 Å². The van der Waals surface area contributed by atoms with Gasteiger partial charge in [-0.1, -0.05) is 0 Å². The summed E-state index contributed by atoms with van der Waals surface area (Å²) in [7, 11) is 4.14. The minimum atomic E-state index is 0.616. The summed E-state index contributed by atoms with van der Waals surface area (Å²) < 4.78 is 5.75. The van der Waals surface area contributed by atoms with Gasteiger partial charge in [0.05, 0.1) is 6.54 Å². The number of furan rings is 1. The van der Waals surface area contributed by atoms with Crippen molar-refractivity contribution in [3.8, 4) is 0 Å². The van der Waals surface area contributed by atoms with Crippen LogP contribution in [0.1, 0.15) is 24.0 Å². The Kier molecular flexibility index (Phi) is 4.43. The van der Waals surface area contributed by atoms with Gasteiger partial charge in [0.1, 0.15) is 11.5 Å². The largest absolute Gasteiger partial charge is 0.465 e. The number of hydrogen-bond acceptors (Lipinski definition) is 4. The molecule has 2 heterocycles. The van der Waals surface area contributed by atoms with E-state index in [1.807, 2.05) is 7.05 Å². The van der Waals surface area contributed by atoms with Crippen LogP contribution >= 0.6 is 0 Å². The summed E-state index contributed by atoms with van der Waals surface area (Å²) in [5, 5.41) is 3.13. The molecular weight excluding hydrogens is 226 g/mol. The predicted octanol–water partition coefficient (Wildman–Crippen LogP) is 1.44. The van der Waals surface area contributed by atoms with E-state index in [1.54, 1.807) is 0 Å². The average Bonchev–Trinajstić information content (AvgIpc) is 2.64. The molecule has 2 rings (SSSR count). The van der Waals surface area contributed by atoms with E-state index in [-0.39, 0.29) is 0 Å². The highest BCUT2D eigenvalue weighted by atomic mass is 16.3. The fourth-order valence-electron chi connectivity index (χ4n) is 2.64. The topological polar surface area (TPSA) is 31.6 Å². The molecule has 0 aromatic carbocycles. The van der Waals surface area contributed by atoms with Gasteiger partial charge >= 0.3 is 0 Å². The molecule has 1 aromatic heterocycles. The fourth-order valence-corrected chi connectivity index (χ4v) is 2.64. The first-order valence-electron chi connectivity index (χ1n) is 6.75. The summed E-state index contributed by atoms with van der Waals surface area (Å²) in [6, 6.07) is 2.81. The van der Waals surface area contributed by atoms with Gasteiger partial charge in [0.15, 0.2) is 0 Å². The number of piperazine rings is 1. The van der Waals surface area contributed by atoms with E-state index in [1.165, 1.54) is 5.56 Å². The molecule has 4 nitrogen and oxygen atoms in total. The molecule has 1 N–H and O–H groups in total. The average molecular weight is 251 g/mol. The van der Waals surface area contributed by atoms with Crippen molar-refractivity contribution in [2.45, 2.75) is 33.0 Å². The van der Waals surface area contributed by atoms with Gasteiger partial charge in [-0.25, -0.2) is 0 Å². The Hall–Kier alpha value is -0.840. The van der Waals surface area contributed by atoms with Gasteiger partial charge in [-0.05, 0) is 34.0 Å². The summed E-state index contributed by atoms with van der Waals surface area (Å²) in [5.74, 6) is 2.10. The van der Waals surface area contributed by atoms with E-state index in [2.05, 4.69) is 42.1 Å². The van der Waals surface area contributed by atoms with Crippen LogP contribution in [0.25, 0.3) is 0 Å². The van der Waals surface area contributed by atoms with Crippen molar-refractivity contribution in [1.82, 2.24) is 15.1 Å². The summed E-state index contributed by atoms with van der Waals surface area (Å²) in [5.41, 5.74) is 1.33. The van der Waals surface area contributed by atoms with E-state index in [0.717, 1.165) is 44.2 Å². The first kappa shape index (κ1) is 13.6. The van der Waals surface area contributed by atoms with Gasteiger partial charge in [-0.15, -0.1) is 0 Å². The smallest absolute Gasteiger partial charge is 0.118 e. The van der Waals surface area contributed by atoms with Crippen LogP contribution < -0.4 is 5.32 Å². The molecule has 18 heavy (non-hydrogen) atoms. The van der Waals surface area contributed by atoms with Crippen molar-refractivity contribution in [1.29, 1.82) is 0 Å². The first-order valence-corrected chi connectivity index (χ1v) is 6.75. The summed E-state index contributed by atoms with van der Waals surface area (Å²) >= 11 is 0. The third kappa shape index (κ3) is 3.13. The number of hydrogen-bond donors (Lipinski definition) is 1. The standard InChI is InChI=1S/C14H25N3O/c1-11-9-16(4)5-6-17(11)10-13-7-14(8-15-3)18-12(13)2/h7,11,15H,5-6,8-10H2,1-4H3. The first-order chi connectivity index (χ1) is 8.60. The van der Waals surface area contributed by atoms with E-state index in [9.17, 15) is 0 Å². The minimum absolute atomic E-state index is 0.616. The molecule has 102 valence electrons. The lowest BCUT2D eigenvalue weighted by Gasteiger charge is -2.38. The summed E-state index contributed by atoms with van der Waals surface area (Å²) in [6.07, 6.45) is 0. The third-order valence-electron chi connectivity index (χ3n) is 3.76. The molecular formula is C14H25N3O. The highest BCUT2D eigenvalue weighted by molar-refractivity contribution is 5.21. The second-order valence-corrected chi connectivity index (χ2v) is 5.41. The number of nitrogens with one attached hydrogen (secondary N) is 1. The fraction of sp³-hybridized carbons (Fsp3) is 0.714. The maximum atomic E-state index is 5.75. The van der Waals surface area contributed by atoms with Crippen LogP contribution in [0.3, 0.4) is 0 Å². The van der Waals surface area contributed by atoms with E-state index >= 15 is 0 Å². The Labute approximate surface area is 110 Å². The molecule has 0 saturated carbocycles. The van der Waals surface area contributed by atoms with Gasteiger partial charge in [0.2, 0.25) is 0 Å². The highest BCUT2D eigenvalue weighted by Gasteiger charge is 2.22. The molecule has 0 radical (unpaired) electrons. The molecule has 1 atom stereocenters. The lowest BCUT2D eigenvalue weighted by molar-refractivity contribution is 0.0934. The van der Waals surface area contributed by atoms with Crippen LogP contribution in [-0.2, 0) is 13.1 Å². The van der Waals surface area contributed by atoms with Crippen molar-refractivity contribution in [3.05, 3.63) is 23.2 Å². The van der Waals surface area contributed by atoms with Crippen LogP contribution in [0.15, 0.2) is 10.5 Å². The highest BCUT2D eigenvalue weighted by Crippen LogP contribution is 2.19. The molecule has 1 aromatic rings. The van der Waals surface area contributed by atoms with Gasteiger partial charge in [-0.2, -0.15) is 0 Å². The van der Waals surface area contributed by atoms with Gasteiger partial charge in [-0.3, -0.25) is 4.90 Å². The SMILES string of the molecule is CNCc1cc(CN2CCN(C)CC2C)c(C)o1. The Morgan fingerprint density at radius 2 is 2.22 bits per heavy atom. The quantitative estimate of drug-likeness (QED) is 0.877. The second kappa shape index (κ2) is 5.87. The van der Waals surface area contributed by atoms with Crippen LogP contribution in [0.5, 0.6) is 0 Å². The summed E-state index contributed by atoms with van der Waals surface area (Å²) in [6.45, 7) is 9.64. The normalized spacial score (nSPS) is 22.6. The third-order valence-corrected chi connectivity index (χ3v) is 3.76. The molecule has 1 aliphatic rings. The van der Waals surface area contributed by atoms with Crippen molar-refractivity contribution in [2.75, 3.05) is 33.7 Å². The zero-order chi connectivity index (χ0) is 13.1. The molecule has 1 unspecified atom stereocenters. The van der Waals surface area contributed by atoms with E-state index in [0.29, 0.717) is 6.04 Å². The Bertz CT molecular complexity index is 388. The molecule has 0 spiro atoms. The maximum Gasteiger partial charge on any atom is 0.118 e.